The summed E-state index contributed by atoms with van der Waals surface area (Å²) in [5.41, 5.74) is 0.613. The van der Waals surface area contributed by atoms with Crippen LogP contribution in [0.15, 0.2) is 24.7 Å². The number of aldehydes is 1. The quantitative estimate of drug-likeness (QED) is 0.617. The third-order valence-corrected chi connectivity index (χ3v) is 1.64. The summed E-state index contributed by atoms with van der Waals surface area (Å²) in [4.78, 5) is 17.2. The van der Waals surface area contributed by atoms with Crippen molar-refractivity contribution in [1.82, 2.24) is 9.97 Å². The van der Waals surface area contributed by atoms with Crippen LogP contribution in [0.5, 0.6) is 0 Å². The zero-order valence-corrected chi connectivity index (χ0v) is 5.74. The molecule has 0 spiro atoms. The summed E-state index contributed by atoms with van der Waals surface area (Å²) < 4.78 is 0. The highest BCUT2D eigenvalue weighted by molar-refractivity contribution is 5.96. The fraction of sp³-hybridized carbons (Fsp3) is 0. The van der Waals surface area contributed by atoms with Crippen LogP contribution < -0.4 is 0 Å². The second-order valence-corrected chi connectivity index (χ2v) is 2.28. The summed E-state index contributed by atoms with van der Waals surface area (Å²) in [6.45, 7) is 0. The molecule has 3 heteroatoms. The number of aromatic nitrogens is 2. The Balaban J connectivity index is 2.86. The average Bonchev–Trinajstić information content (AvgIpc) is 2.47. The lowest BCUT2D eigenvalue weighted by Gasteiger charge is -1.85. The topological polar surface area (TPSA) is 45.8 Å². The maximum Gasteiger partial charge on any atom is 0.166 e. The van der Waals surface area contributed by atoms with Crippen molar-refractivity contribution in [3.63, 3.8) is 0 Å². The zero-order valence-electron chi connectivity index (χ0n) is 5.74. The van der Waals surface area contributed by atoms with Gasteiger partial charge in [0.2, 0.25) is 0 Å². The lowest BCUT2D eigenvalue weighted by molar-refractivity contribution is 0.112. The molecule has 2 heterocycles. The van der Waals surface area contributed by atoms with Crippen molar-refractivity contribution in [1.29, 1.82) is 0 Å². The Morgan fingerprint density at radius 3 is 3.27 bits per heavy atom. The predicted octanol–water partition coefficient (Wildman–Crippen LogP) is 1.38. The van der Waals surface area contributed by atoms with Crippen molar-refractivity contribution in [2.45, 2.75) is 0 Å². The van der Waals surface area contributed by atoms with Crippen LogP contribution in [0.2, 0.25) is 0 Å². The van der Waals surface area contributed by atoms with Gasteiger partial charge in [-0.1, -0.05) is 0 Å². The maximum atomic E-state index is 10.4. The summed E-state index contributed by atoms with van der Waals surface area (Å²) in [7, 11) is 0. The molecule has 54 valence electrons. The van der Waals surface area contributed by atoms with Gasteiger partial charge < -0.3 is 4.98 Å². The number of pyridine rings is 1. The molecule has 0 aliphatic carbocycles. The minimum atomic E-state index is 0.613. The van der Waals surface area contributed by atoms with Gasteiger partial charge in [-0.15, -0.1) is 0 Å². The average molecular weight is 146 g/mol. The third-order valence-electron chi connectivity index (χ3n) is 1.64. The SMILES string of the molecule is O=Cc1[nH]cc2cnccc12. The number of rotatable bonds is 1. The van der Waals surface area contributed by atoms with Gasteiger partial charge in [0.05, 0.1) is 5.69 Å². The zero-order chi connectivity index (χ0) is 7.68. The number of hydrogen-bond acceptors (Lipinski definition) is 2. The number of fused-ring (bicyclic) bond motifs is 1. The molecule has 0 saturated heterocycles. The van der Waals surface area contributed by atoms with E-state index in [2.05, 4.69) is 9.97 Å². The van der Waals surface area contributed by atoms with Gasteiger partial charge in [0.15, 0.2) is 6.29 Å². The number of nitrogens with one attached hydrogen (secondary N) is 1. The molecule has 2 aromatic heterocycles. The molecule has 1 N–H and O–H groups in total. The van der Waals surface area contributed by atoms with Crippen LogP contribution in [0.1, 0.15) is 10.5 Å². The van der Waals surface area contributed by atoms with Crippen LogP contribution in [-0.2, 0) is 0 Å². The molecule has 11 heavy (non-hydrogen) atoms. The molecule has 0 radical (unpaired) electrons. The molecular weight excluding hydrogens is 140 g/mol. The second-order valence-electron chi connectivity index (χ2n) is 2.28. The Morgan fingerprint density at radius 1 is 1.55 bits per heavy atom. The van der Waals surface area contributed by atoms with E-state index in [1.165, 1.54) is 0 Å². The van der Waals surface area contributed by atoms with Gasteiger partial charge in [0, 0.05) is 29.4 Å². The van der Waals surface area contributed by atoms with Gasteiger partial charge in [-0.05, 0) is 6.07 Å². The first-order valence-corrected chi connectivity index (χ1v) is 3.28. The standard InChI is InChI=1S/C8H6N2O/c11-5-8-7-1-2-9-3-6(7)4-10-8/h1-5,10H. The number of nitrogens with zero attached hydrogens (tertiary/aromatic N) is 1. The van der Waals surface area contributed by atoms with E-state index in [4.69, 9.17) is 0 Å². The van der Waals surface area contributed by atoms with E-state index in [0.717, 1.165) is 17.1 Å². The molecule has 0 fully saturated rings. The van der Waals surface area contributed by atoms with Gasteiger partial charge in [-0.25, -0.2) is 0 Å². The minimum absolute atomic E-state index is 0.613. The van der Waals surface area contributed by atoms with E-state index in [9.17, 15) is 4.79 Å². The van der Waals surface area contributed by atoms with Gasteiger partial charge in [0.1, 0.15) is 0 Å². The Labute approximate surface area is 63.1 Å². The molecule has 2 rings (SSSR count). The number of carbonyl (C=O) groups is 1. The highest BCUT2D eigenvalue weighted by Crippen LogP contribution is 2.13. The first-order valence-electron chi connectivity index (χ1n) is 3.28. The molecule has 0 unspecified atom stereocenters. The van der Waals surface area contributed by atoms with Crippen LogP contribution in [-0.4, -0.2) is 16.3 Å². The first kappa shape index (κ1) is 6.09. The summed E-state index contributed by atoms with van der Waals surface area (Å²) in [5.74, 6) is 0. The Kier molecular flexibility index (Phi) is 1.22. The van der Waals surface area contributed by atoms with Crippen molar-refractivity contribution in [3.05, 3.63) is 30.4 Å². The van der Waals surface area contributed by atoms with Crippen LogP contribution in [0.3, 0.4) is 0 Å². The summed E-state index contributed by atoms with van der Waals surface area (Å²) in [5, 5.41) is 1.89. The number of hydrogen-bond donors (Lipinski definition) is 1. The maximum absolute atomic E-state index is 10.4. The number of H-pyrrole nitrogens is 1. The molecule has 0 aromatic carbocycles. The van der Waals surface area contributed by atoms with E-state index < -0.39 is 0 Å². The normalized spacial score (nSPS) is 10.2. The van der Waals surface area contributed by atoms with Gasteiger partial charge in [-0.2, -0.15) is 0 Å². The molecule has 0 amide bonds. The Bertz CT molecular complexity index is 392. The van der Waals surface area contributed by atoms with Crippen LogP contribution in [0.4, 0.5) is 0 Å². The Hall–Kier alpha value is -1.64. The van der Waals surface area contributed by atoms with Crippen LogP contribution in [0.25, 0.3) is 10.8 Å². The lowest BCUT2D eigenvalue weighted by atomic mass is 10.2. The fourth-order valence-electron chi connectivity index (χ4n) is 1.10. The van der Waals surface area contributed by atoms with E-state index >= 15 is 0 Å². The van der Waals surface area contributed by atoms with E-state index in [1.807, 2.05) is 6.07 Å². The van der Waals surface area contributed by atoms with Crippen LogP contribution in [0, 0.1) is 0 Å². The largest absolute Gasteiger partial charge is 0.358 e. The molecule has 0 saturated carbocycles. The minimum Gasteiger partial charge on any atom is -0.358 e. The molecular formula is C8H6N2O. The van der Waals surface area contributed by atoms with Gasteiger partial charge >= 0.3 is 0 Å². The third kappa shape index (κ3) is 0.816. The molecule has 3 nitrogen and oxygen atoms in total. The van der Waals surface area contributed by atoms with Crippen molar-refractivity contribution >= 4 is 17.1 Å². The molecule has 0 atom stereocenters. The lowest BCUT2D eigenvalue weighted by Crippen LogP contribution is -1.77. The van der Waals surface area contributed by atoms with E-state index in [0.29, 0.717) is 5.69 Å². The summed E-state index contributed by atoms with van der Waals surface area (Å²) in [6.07, 6.45) is 5.97. The highest BCUT2D eigenvalue weighted by atomic mass is 16.1. The predicted molar refractivity (Wildman–Crippen MR) is 41.5 cm³/mol. The van der Waals surface area contributed by atoms with Crippen molar-refractivity contribution < 1.29 is 4.79 Å². The van der Waals surface area contributed by atoms with Crippen molar-refractivity contribution in [2.24, 2.45) is 0 Å². The van der Waals surface area contributed by atoms with E-state index in [-0.39, 0.29) is 0 Å². The fourth-order valence-corrected chi connectivity index (χ4v) is 1.10. The molecule has 0 aliphatic rings. The van der Waals surface area contributed by atoms with E-state index in [1.54, 1.807) is 18.6 Å². The van der Waals surface area contributed by atoms with Crippen molar-refractivity contribution in [2.75, 3.05) is 0 Å². The molecule has 0 bridgehead atoms. The van der Waals surface area contributed by atoms with Gasteiger partial charge in [-0.3, -0.25) is 9.78 Å². The summed E-state index contributed by atoms with van der Waals surface area (Å²) in [6, 6.07) is 1.82. The summed E-state index contributed by atoms with van der Waals surface area (Å²) >= 11 is 0. The first-order chi connectivity index (χ1) is 5.42. The van der Waals surface area contributed by atoms with Gasteiger partial charge in [0.25, 0.3) is 0 Å². The number of carbonyl (C=O) groups excluding carboxylic acids is 1. The molecule has 2 aromatic rings. The number of aromatic amines is 1. The van der Waals surface area contributed by atoms with Crippen molar-refractivity contribution in [3.8, 4) is 0 Å². The second kappa shape index (κ2) is 2.20. The molecule has 0 aliphatic heterocycles. The van der Waals surface area contributed by atoms with Crippen LogP contribution >= 0.6 is 0 Å². The highest BCUT2D eigenvalue weighted by Gasteiger charge is 1.99. The monoisotopic (exact) mass is 146 g/mol. The smallest absolute Gasteiger partial charge is 0.166 e. The Morgan fingerprint density at radius 2 is 2.45 bits per heavy atom.